The summed E-state index contributed by atoms with van der Waals surface area (Å²) in [5, 5.41) is 3.04. The summed E-state index contributed by atoms with van der Waals surface area (Å²) in [6.07, 6.45) is 2.38. The number of nitrogens with two attached hydrogens (primary N) is 1. The Morgan fingerprint density at radius 1 is 1.00 bits per heavy atom. The maximum Gasteiger partial charge on any atom is 0.232 e. The van der Waals surface area contributed by atoms with Crippen LogP contribution in [-0.2, 0) is 4.79 Å². The average Bonchev–Trinajstić information content (AvgIpc) is 3.40. The number of amides is 1. The molecule has 1 aliphatic carbocycles. The van der Waals surface area contributed by atoms with Crippen molar-refractivity contribution in [3.05, 3.63) is 71.8 Å². The predicted molar refractivity (Wildman–Crippen MR) is 88.4 cm³/mol. The first-order chi connectivity index (χ1) is 10.8. The van der Waals surface area contributed by atoms with Crippen molar-refractivity contribution in [3.63, 3.8) is 0 Å². The van der Waals surface area contributed by atoms with E-state index in [0.29, 0.717) is 12.5 Å². The van der Waals surface area contributed by atoms with Gasteiger partial charge in [0.25, 0.3) is 0 Å². The number of carbonyl (C=O) groups is 1. The smallest absolute Gasteiger partial charge is 0.232 e. The third-order valence-corrected chi connectivity index (χ3v) is 4.27. The molecule has 114 valence electrons. The summed E-state index contributed by atoms with van der Waals surface area (Å²) in [4.78, 5) is 12.7. The third kappa shape index (κ3) is 3.55. The van der Waals surface area contributed by atoms with Crippen molar-refractivity contribution >= 4 is 5.91 Å². The normalized spacial score (nSPS) is 15.5. The van der Waals surface area contributed by atoms with Gasteiger partial charge in [0.2, 0.25) is 5.91 Å². The molecule has 3 heteroatoms. The lowest BCUT2D eigenvalue weighted by Gasteiger charge is -2.19. The van der Waals surface area contributed by atoms with Gasteiger partial charge in [-0.05, 0) is 29.9 Å². The molecule has 0 saturated heterocycles. The predicted octanol–water partition coefficient (Wildman–Crippen LogP) is 2.67. The monoisotopic (exact) mass is 294 g/mol. The molecule has 1 amide bonds. The van der Waals surface area contributed by atoms with Gasteiger partial charge in [0, 0.05) is 12.6 Å². The molecule has 3 nitrogen and oxygen atoms in total. The number of hydrogen-bond donors (Lipinski definition) is 2. The standard InChI is InChI=1S/C19H22N2O/c20-17(14-11-12-14)13-21-19(22)18(15-7-3-1-4-8-15)16-9-5-2-6-10-16/h1-10,14,17-18H,11-13,20H2,(H,21,22). The summed E-state index contributed by atoms with van der Waals surface area (Å²) in [5.74, 6) is 0.328. The van der Waals surface area contributed by atoms with Crippen molar-refractivity contribution in [2.75, 3.05) is 6.54 Å². The minimum Gasteiger partial charge on any atom is -0.354 e. The minimum atomic E-state index is -0.284. The van der Waals surface area contributed by atoms with E-state index in [-0.39, 0.29) is 17.9 Å². The van der Waals surface area contributed by atoms with Crippen molar-refractivity contribution < 1.29 is 4.79 Å². The van der Waals surface area contributed by atoms with Crippen LogP contribution in [0.25, 0.3) is 0 Å². The van der Waals surface area contributed by atoms with Gasteiger partial charge >= 0.3 is 0 Å². The van der Waals surface area contributed by atoms with Gasteiger partial charge in [0.15, 0.2) is 0 Å². The van der Waals surface area contributed by atoms with Gasteiger partial charge in [-0.25, -0.2) is 0 Å². The van der Waals surface area contributed by atoms with Crippen LogP contribution in [0.15, 0.2) is 60.7 Å². The van der Waals surface area contributed by atoms with Gasteiger partial charge in [-0.3, -0.25) is 4.79 Å². The van der Waals surface area contributed by atoms with Crippen LogP contribution in [0.4, 0.5) is 0 Å². The molecular formula is C19H22N2O. The second-order valence-electron chi connectivity index (χ2n) is 6.00. The Labute approximate surface area is 131 Å². The molecule has 1 aliphatic rings. The van der Waals surface area contributed by atoms with E-state index in [2.05, 4.69) is 5.32 Å². The number of benzene rings is 2. The Morgan fingerprint density at radius 3 is 1.95 bits per heavy atom. The number of hydrogen-bond acceptors (Lipinski definition) is 2. The topological polar surface area (TPSA) is 55.1 Å². The lowest BCUT2D eigenvalue weighted by atomic mass is 9.90. The van der Waals surface area contributed by atoms with Crippen molar-refractivity contribution in [1.82, 2.24) is 5.32 Å². The zero-order valence-corrected chi connectivity index (χ0v) is 12.6. The lowest BCUT2D eigenvalue weighted by molar-refractivity contribution is -0.121. The van der Waals surface area contributed by atoms with Gasteiger partial charge < -0.3 is 11.1 Å². The fourth-order valence-electron chi connectivity index (χ4n) is 2.80. The highest BCUT2D eigenvalue weighted by molar-refractivity contribution is 5.87. The minimum absolute atomic E-state index is 0.0218. The summed E-state index contributed by atoms with van der Waals surface area (Å²) in [6, 6.07) is 19.9. The first-order valence-corrected chi connectivity index (χ1v) is 7.89. The molecule has 3 rings (SSSR count). The van der Waals surface area contributed by atoms with Crippen LogP contribution >= 0.6 is 0 Å². The molecule has 0 heterocycles. The zero-order chi connectivity index (χ0) is 15.4. The van der Waals surface area contributed by atoms with Crippen LogP contribution in [0, 0.1) is 5.92 Å². The van der Waals surface area contributed by atoms with Crippen molar-refractivity contribution in [2.45, 2.75) is 24.8 Å². The molecule has 1 atom stereocenters. The Balaban J connectivity index is 1.77. The van der Waals surface area contributed by atoms with Crippen molar-refractivity contribution in [2.24, 2.45) is 11.7 Å². The fourth-order valence-corrected chi connectivity index (χ4v) is 2.80. The van der Waals surface area contributed by atoms with E-state index in [4.69, 9.17) is 5.73 Å². The van der Waals surface area contributed by atoms with E-state index in [1.165, 1.54) is 12.8 Å². The first-order valence-electron chi connectivity index (χ1n) is 7.89. The maximum absolute atomic E-state index is 12.7. The molecule has 0 aromatic heterocycles. The molecule has 1 saturated carbocycles. The molecule has 1 fully saturated rings. The van der Waals surface area contributed by atoms with Crippen LogP contribution in [-0.4, -0.2) is 18.5 Å². The number of nitrogens with one attached hydrogen (secondary N) is 1. The maximum atomic E-state index is 12.7. The van der Waals surface area contributed by atoms with E-state index in [1.54, 1.807) is 0 Å². The molecule has 0 aliphatic heterocycles. The summed E-state index contributed by atoms with van der Waals surface area (Å²) in [7, 11) is 0. The molecule has 2 aromatic rings. The van der Waals surface area contributed by atoms with Crippen LogP contribution in [0.1, 0.15) is 29.9 Å². The molecule has 0 spiro atoms. The summed E-state index contributed by atoms with van der Waals surface area (Å²) in [5.41, 5.74) is 8.10. The quantitative estimate of drug-likeness (QED) is 0.860. The fraction of sp³-hybridized carbons (Fsp3) is 0.316. The second-order valence-corrected chi connectivity index (χ2v) is 6.00. The van der Waals surface area contributed by atoms with Crippen molar-refractivity contribution in [1.29, 1.82) is 0 Å². The molecular weight excluding hydrogens is 272 g/mol. The van der Waals surface area contributed by atoms with Gasteiger partial charge in [-0.1, -0.05) is 60.7 Å². The highest BCUT2D eigenvalue weighted by Gasteiger charge is 2.29. The van der Waals surface area contributed by atoms with E-state index in [9.17, 15) is 4.79 Å². The molecule has 0 bridgehead atoms. The lowest BCUT2D eigenvalue weighted by Crippen LogP contribution is -2.40. The highest BCUT2D eigenvalue weighted by atomic mass is 16.1. The van der Waals surface area contributed by atoms with Crippen LogP contribution in [0.5, 0.6) is 0 Å². The molecule has 22 heavy (non-hydrogen) atoms. The Kier molecular flexibility index (Phi) is 4.54. The highest BCUT2D eigenvalue weighted by Crippen LogP contribution is 2.31. The summed E-state index contributed by atoms with van der Waals surface area (Å²) in [6.45, 7) is 0.555. The van der Waals surface area contributed by atoms with Gasteiger partial charge in [-0.2, -0.15) is 0 Å². The average molecular weight is 294 g/mol. The van der Waals surface area contributed by atoms with Crippen LogP contribution < -0.4 is 11.1 Å². The summed E-state index contributed by atoms with van der Waals surface area (Å²) < 4.78 is 0. The van der Waals surface area contributed by atoms with Gasteiger partial charge in [0.1, 0.15) is 0 Å². The number of carbonyl (C=O) groups excluding carboxylic acids is 1. The van der Waals surface area contributed by atoms with Crippen molar-refractivity contribution in [3.8, 4) is 0 Å². The number of rotatable bonds is 6. The molecule has 1 unspecified atom stereocenters. The largest absolute Gasteiger partial charge is 0.354 e. The Morgan fingerprint density at radius 2 is 1.50 bits per heavy atom. The summed E-state index contributed by atoms with van der Waals surface area (Å²) >= 11 is 0. The van der Waals surface area contributed by atoms with E-state index in [1.807, 2.05) is 60.7 Å². The Hall–Kier alpha value is -2.13. The Bertz CT molecular complexity index is 568. The van der Waals surface area contributed by atoms with Gasteiger partial charge in [0.05, 0.1) is 5.92 Å². The van der Waals surface area contributed by atoms with E-state index < -0.39 is 0 Å². The van der Waals surface area contributed by atoms with Gasteiger partial charge in [-0.15, -0.1) is 0 Å². The SMILES string of the molecule is NC(CNC(=O)C(c1ccccc1)c1ccccc1)C1CC1. The van der Waals surface area contributed by atoms with Crippen LogP contribution in [0.3, 0.4) is 0 Å². The van der Waals surface area contributed by atoms with E-state index in [0.717, 1.165) is 11.1 Å². The molecule has 3 N–H and O–H groups in total. The van der Waals surface area contributed by atoms with Crippen LogP contribution in [0.2, 0.25) is 0 Å². The molecule has 2 aromatic carbocycles. The van der Waals surface area contributed by atoms with E-state index >= 15 is 0 Å². The zero-order valence-electron chi connectivity index (χ0n) is 12.6. The second kappa shape index (κ2) is 6.75. The first kappa shape index (κ1) is 14.8. The third-order valence-electron chi connectivity index (χ3n) is 4.27. The molecule has 0 radical (unpaired) electrons.